The molecule has 4 rings (SSSR count). The van der Waals surface area contributed by atoms with E-state index in [2.05, 4.69) is 13.8 Å². The molecule has 0 spiro atoms. The Labute approximate surface area is 237 Å². The third-order valence-corrected chi connectivity index (χ3v) is 6.85. The van der Waals surface area contributed by atoms with E-state index in [4.69, 9.17) is 14.5 Å². The molecule has 0 aliphatic rings. The maximum atomic E-state index is 12.7. The number of carboxylic acid groups (broad SMARTS) is 2. The molecule has 2 N–H and O–H groups in total. The van der Waals surface area contributed by atoms with Crippen LogP contribution in [0, 0.1) is 13.8 Å². The molecule has 0 aliphatic heterocycles. The zero-order valence-corrected chi connectivity index (χ0v) is 23.1. The molecule has 4 aromatic rings. The lowest BCUT2D eigenvalue weighted by atomic mass is 9.78. The molecule has 0 unspecified atom stereocenters. The summed E-state index contributed by atoms with van der Waals surface area (Å²) in [5.41, 5.74) is 3.78. The summed E-state index contributed by atoms with van der Waals surface area (Å²) < 4.78 is 5.47. The van der Waals surface area contributed by atoms with E-state index in [1.807, 2.05) is 31.2 Å². The van der Waals surface area contributed by atoms with Crippen molar-refractivity contribution in [3.63, 3.8) is 0 Å². The fourth-order valence-electron chi connectivity index (χ4n) is 4.42. The number of rotatable bonds is 10. The SMILES string of the molecule is Cc1ccc(C(=O)O)c(COOc2ccc(C(C)(C)c3ccc(OC(=O)c4cc(C)ccc4C(=O)O)cc3)cc2)c1. The van der Waals surface area contributed by atoms with E-state index in [1.165, 1.54) is 12.1 Å². The van der Waals surface area contributed by atoms with Crippen molar-refractivity contribution in [2.45, 2.75) is 39.7 Å². The summed E-state index contributed by atoms with van der Waals surface area (Å²) in [6.07, 6.45) is 0. The van der Waals surface area contributed by atoms with Crippen LogP contribution >= 0.6 is 0 Å². The third-order valence-electron chi connectivity index (χ3n) is 6.85. The molecule has 0 aromatic heterocycles. The lowest BCUT2D eigenvalue weighted by Gasteiger charge is -2.26. The zero-order valence-electron chi connectivity index (χ0n) is 23.1. The first kappa shape index (κ1) is 29.0. The molecule has 0 radical (unpaired) electrons. The molecule has 0 amide bonds. The predicted octanol–water partition coefficient (Wildman–Crippen LogP) is 6.76. The molecule has 0 saturated heterocycles. The van der Waals surface area contributed by atoms with Crippen LogP contribution in [0.5, 0.6) is 11.5 Å². The highest BCUT2D eigenvalue weighted by molar-refractivity contribution is 6.03. The Kier molecular flexibility index (Phi) is 8.54. The van der Waals surface area contributed by atoms with Crippen LogP contribution in [0.2, 0.25) is 0 Å². The average Bonchev–Trinajstić information content (AvgIpc) is 2.93. The minimum Gasteiger partial charge on any atom is -0.478 e. The van der Waals surface area contributed by atoms with E-state index in [0.29, 0.717) is 17.1 Å². The molecule has 0 bridgehead atoms. The summed E-state index contributed by atoms with van der Waals surface area (Å²) >= 11 is 0. The Morgan fingerprint density at radius 2 is 1.17 bits per heavy atom. The molecule has 0 aliphatic carbocycles. The fourth-order valence-corrected chi connectivity index (χ4v) is 4.42. The number of carbonyl (C=O) groups is 3. The standard InChI is InChI=1S/C33H30O8/c1-20-5-15-27(30(34)35)22(17-20)19-39-41-26-13-9-24(10-14-26)33(3,4)23-7-11-25(12-8-23)40-32(38)29-18-21(2)6-16-28(29)31(36)37/h5-18H,19H2,1-4H3,(H,34,35)(H,36,37). The summed E-state index contributed by atoms with van der Waals surface area (Å²) in [5, 5.41) is 18.8. The van der Waals surface area contributed by atoms with Crippen LogP contribution in [0.15, 0.2) is 84.9 Å². The van der Waals surface area contributed by atoms with Gasteiger partial charge in [0, 0.05) is 5.41 Å². The second-order valence-corrected chi connectivity index (χ2v) is 10.2. The van der Waals surface area contributed by atoms with Crippen LogP contribution < -0.4 is 9.62 Å². The van der Waals surface area contributed by atoms with Gasteiger partial charge in [0.1, 0.15) is 12.4 Å². The molecule has 8 heteroatoms. The number of aromatic carboxylic acids is 2. The zero-order chi connectivity index (χ0) is 29.7. The van der Waals surface area contributed by atoms with Gasteiger partial charge >= 0.3 is 17.9 Å². The highest BCUT2D eigenvalue weighted by Crippen LogP contribution is 2.33. The number of esters is 1. The number of carbonyl (C=O) groups excluding carboxylic acids is 1. The molecule has 0 atom stereocenters. The van der Waals surface area contributed by atoms with Crippen molar-refractivity contribution in [3.8, 4) is 11.5 Å². The van der Waals surface area contributed by atoms with Gasteiger partial charge in [-0.05, 0) is 73.0 Å². The van der Waals surface area contributed by atoms with Crippen molar-refractivity contribution < 1.29 is 39.1 Å². The van der Waals surface area contributed by atoms with Crippen molar-refractivity contribution in [2.75, 3.05) is 0 Å². The van der Waals surface area contributed by atoms with Crippen molar-refractivity contribution in [1.29, 1.82) is 0 Å². The monoisotopic (exact) mass is 554 g/mol. The minimum absolute atomic E-state index is 0.00518. The molecule has 0 saturated carbocycles. The predicted molar refractivity (Wildman–Crippen MR) is 152 cm³/mol. The fraction of sp³-hybridized carbons (Fsp3) is 0.182. The second-order valence-electron chi connectivity index (χ2n) is 10.2. The normalized spacial score (nSPS) is 11.1. The minimum atomic E-state index is -1.20. The Morgan fingerprint density at radius 1 is 0.659 bits per heavy atom. The second kappa shape index (κ2) is 12.1. The van der Waals surface area contributed by atoms with Gasteiger partial charge in [-0.1, -0.05) is 67.4 Å². The Morgan fingerprint density at radius 3 is 1.73 bits per heavy atom. The van der Waals surface area contributed by atoms with Gasteiger partial charge in [-0.2, -0.15) is 4.89 Å². The molecule has 0 heterocycles. The highest BCUT2D eigenvalue weighted by Gasteiger charge is 2.24. The first-order valence-electron chi connectivity index (χ1n) is 12.8. The van der Waals surface area contributed by atoms with Gasteiger partial charge in [0.2, 0.25) is 0 Å². The summed E-state index contributed by atoms with van der Waals surface area (Å²) in [4.78, 5) is 46.4. The van der Waals surface area contributed by atoms with Crippen molar-refractivity contribution >= 4 is 17.9 Å². The number of aryl methyl sites for hydroxylation is 2. The largest absolute Gasteiger partial charge is 0.478 e. The summed E-state index contributed by atoms with van der Waals surface area (Å²) in [5.74, 6) is -2.20. The van der Waals surface area contributed by atoms with Crippen LogP contribution in [0.1, 0.15) is 72.7 Å². The molecular weight excluding hydrogens is 524 g/mol. The van der Waals surface area contributed by atoms with Gasteiger partial charge in [-0.15, -0.1) is 0 Å². The van der Waals surface area contributed by atoms with Crippen LogP contribution in [-0.2, 0) is 16.9 Å². The van der Waals surface area contributed by atoms with Crippen molar-refractivity contribution in [2.24, 2.45) is 0 Å². The van der Waals surface area contributed by atoms with E-state index >= 15 is 0 Å². The van der Waals surface area contributed by atoms with Crippen molar-refractivity contribution in [3.05, 3.63) is 129 Å². The van der Waals surface area contributed by atoms with E-state index in [1.54, 1.807) is 55.5 Å². The maximum absolute atomic E-state index is 12.7. The van der Waals surface area contributed by atoms with Gasteiger partial charge in [0.25, 0.3) is 0 Å². The molecule has 8 nitrogen and oxygen atoms in total. The number of hydrogen-bond acceptors (Lipinski definition) is 6. The smallest absolute Gasteiger partial charge is 0.344 e. The first-order valence-corrected chi connectivity index (χ1v) is 12.8. The number of hydrogen-bond donors (Lipinski definition) is 2. The summed E-state index contributed by atoms with van der Waals surface area (Å²) in [6, 6.07) is 24.0. The van der Waals surface area contributed by atoms with E-state index in [0.717, 1.165) is 22.3 Å². The third kappa shape index (κ3) is 6.80. The molecule has 0 fully saturated rings. The lowest BCUT2D eigenvalue weighted by Crippen LogP contribution is -2.19. The molecule has 41 heavy (non-hydrogen) atoms. The highest BCUT2D eigenvalue weighted by atomic mass is 17.2. The Bertz CT molecular complexity index is 1590. The molecular formula is C33H30O8. The Hall–Kier alpha value is -4.95. The number of benzene rings is 4. The summed E-state index contributed by atoms with van der Waals surface area (Å²) in [6.45, 7) is 7.73. The van der Waals surface area contributed by atoms with Gasteiger partial charge in [0.05, 0.1) is 16.7 Å². The van der Waals surface area contributed by atoms with Gasteiger partial charge < -0.3 is 19.8 Å². The Balaban J connectivity index is 1.40. The van der Waals surface area contributed by atoms with Gasteiger partial charge in [0.15, 0.2) is 5.75 Å². The number of ether oxygens (including phenoxy) is 1. The van der Waals surface area contributed by atoms with Crippen molar-refractivity contribution in [1.82, 2.24) is 0 Å². The quantitative estimate of drug-likeness (QED) is 0.0956. The van der Waals surface area contributed by atoms with E-state index in [-0.39, 0.29) is 23.3 Å². The van der Waals surface area contributed by atoms with Crippen LogP contribution in [0.4, 0.5) is 0 Å². The van der Waals surface area contributed by atoms with E-state index in [9.17, 15) is 24.6 Å². The molecule has 210 valence electrons. The summed E-state index contributed by atoms with van der Waals surface area (Å²) in [7, 11) is 0. The van der Waals surface area contributed by atoms with Gasteiger partial charge in [-0.3, -0.25) is 0 Å². The van der Waals surface area contributed by atoms with Crippen LogP contribution in [0.25, 0.3) is 0 Å². The van der Waals surface area contributed by atoms with Crippen LogP contribution in [-0.4, -0.2) is 28.1 Å². The van der Waals surface area contributed by atoms with Gasteiger partial charge in [-0.25, -0.2) is 14.4 Å². The number of carboxylic acids is 2. The molecule has 4 aromatic carbocycles. The van der Waals surface area contributed by atoms with Crippen LogP contribution in [0.3, 0.4) is 0 Å². The van der Waals surface area contributed by atoms with E-state index < -0.39 is 23.3 Å². The maximum Gasteiger partial charge on any atom is 0.344 e. The topological polar surface area (TPSA) is 119 Å². The average molecular weight is 555 g/mol. The lowest BCUT2D eigenvalue weighted by molar-refractivity contribution is -0.217. The first-order chi connectivity index (χ1) is 19.5.